The number of carbonyl (C=O) groups excluding carboxylic acids is 1. The molecule has 1 fully saturated rings. The van der Waals surface area contributed by atoms with Gasteiger partial charge < -0.3 is 14.8 Å². The zero-order valence-corrected chi connectivity index (χ0v) is 10.1. The molecule has 1 aromatic carbocycles. The van der Waals surface area contributed by atoms with Crippen molar-refractivity contribution in [2.24, 2.45) is 0 Å². The highest BCUT2D eigenvalue weighted by atomic mass is 35.5. The smallest absolute Gasteiger partial charge is 0.407 e. The van der Waals surface area contributed by atoms with Crippen LogP contribution in [-0.2, 0) is 4.74 Å². The summed E-state index contributed by atoms with van der Waals surface area (Å²) in [4.78, 5) is 11.1. The van der Waals surface area contributed by atoms with Gasteiger partial charge in [0.25, 0.3) is 0 Å². The fraction of sp³-hybridized carbons (Fsp3) is 0.364. The molecule has 1 N–H and O–H groups in total. The van der Waals surface area contributed by atoms with Gasteiger partial charge in [0.1, 0.15) is 11.6 Å². The third-order valence-electron chi connectivity index (χ3n) is 2.50. The van der Waals surface area contributed by atoms with Crippen LogP contribution in [0.4, 0.5) is 9.18 Å². The van der Waals surface area contributed by atoms with Crippen molar-refractivity contribution in [2.45, 2.75) is 12.5 Å². The van der Waals surface area contributed by atoms with Gasteiger partial charge in [-0.2, -0.15) is 0 Å². The number of nitrogens with one attached hydrogen (secondary N) is 1. The van der Waals surface area contributed by atoms with Crippen LogP contribution in [0.1, 0.15) is 18.0 Å². The number of ether oxygens (including phenoxy) is 2. The molecule has 1 aliphatic rings. The topological polar surface area (TPSA) is 47.6 Å². The first-order valence-electron chi connectivity index (χ1n) is 4.97. The van der Waals surface area contributed by atoms with E-state index in [9.17, 15) is 9.18 Å². The maximum absolute atomic E-state index is 13.1. The van der Waals surface area contributed by atoms with E-state index in [0.29, 0.717) is 24.3 Å². The molecule has 0 unspecified atom stereocenters. The predicted octanol–water partition coefficient (Wildman–Crippen LogP) is 2.43. The highest BCUT2D eigenvalue weighted by molar-refractivity contribution is 5.85. The molecule has 1 aromatic rings. The van der Waals surface area contributed by atoms with Crippen molar-refractivity contribution in [1.29, 1.82) is 0 Å². The number of hydrogen-bond donors (Lipinski definition) is 1. The number of benzene rings is 1. The Morgan fingerprint density at radius 3 is 2.94 bits per heavy atom. The van der Waals surface area contributed by atoms with Gasteiger partial charge in [0.05, 0.1) is 19.8 Å². The van der Waals surface area contributed by atoms with E-state index >= 15 is 0 Å². The molecule has 1 heterocycles. The molecule has 6 heteroatoms. The normalized spacial score (nSPS) is 18.7. The third-order valence-corrected chi connectivity index (χ3v) is 2.50. The largest absolute Gasteiger partial charge is 0.496 e. The number of methoxy groups -OCH3 is 1. The minimum Gasteiger partial charge on any atom is -0.496 e. The fourth-order valence-electron chi connectivity index (χ4n) is 1.74. The Labute approximate surface area is 105 Å². The Morgan fingerprint density at radius 2 is 2.29 bits per heavy atom. The SMILES string of the molecule is COc1ccc(F)cc1[C@@H]1CCOC(=O)N1.Cl. The van der Waals surface area contributed by atoms with Gasteiger partial charge in [-0.3, -0.25) is 0 Å². The molecule has 0 radical (unpaired) electrons. The molecule has 1 amide bonds. The summed E-state index contributed by atoms with van der Waals surface area (Å²) < 4.78 is 23.0. The summed E-state index contributed by atoms with van der Waals surface area (Å²) in [7, 11) is 1.51. The molecule has 17 heavy (non-hydrogen) atoms. The second-order valence-corrected chi connectivity index (χ2v) is 3.51. The quantitative estimate of drug-likeness (QED) is 0.889. The zero-order valence-electron chi connectivity index (χ0n) is 9.23. The van der Waals surface area contributed by atoms with Crippen molar-refractivity contribution in [2.75, 3.05) is 13.7 Å². The molecule has 1 aliphatic heterocycles. The lowest BCUT2D eigenvalue weighted by molar-refractivity contribution is 0.115. The Hall–Kier alpha value is -1.49. The van der Waals surface area contributed by atoms with Crippen LogP contribution < -0.4 is 10.1 Å². The van der Waals surface area contributed by atoms with Gasteiger partial charge in [0, 0.05) is 12.0 Å². The monoisotopic (exact) mass is 261 g/mol. The van der Waals surface area contributed by atoms with Crippen LogP contribution in [0.15, 0.2) is 18.2 Å². The summed E-state index contributed by atoms with van der Waals surface area (Å²) in [6, 6.07) is 3.98. The Kier molecular flexibility index (Phi) is 4.57. The molecule has 94 valence electrons. The zero-order chi connectivity index (χ0) is 11.5. The van der Waals surface area contributed by atoms with Crippen molar-refractivity contribution in [3.8, 4) is 5.75 Å². The number of rotatable bonds is 2. The molecule has 1 atom stereocenters. The molecule has 0 saturated carbocycles. The van der Waals surface area contributed by atoms with Crippen molar-refractivity contribution in [3.05, 3.63) is 29.6 Å². The highest BCUT2D eigenvalue weighted by Crippen LogP contribution is 2.29. The number of alkyl carbamates (subject to hydrolysis) is 1. The summed E-state index contributed by atoms with van der Waals surface area (Å²) in [5.74, 6) is 0.213. The second-order valence-electron chi connectivity index (χ2n) is 3.51. The highest BCUT2D eigenvalue weighted by Gasteiger charge is 2.23. The maximum Gasteiger partial charge on any atom is 0.407 e. The van der Waals surface area contributed by atoms with Crippen molar-refractivity contribution in [3.63, 3.8) is 0 Å². The standard InChI is InChI=1S/C11H12FNO3.ClH/c1-15-10-3-2-7(12)6-8(10)9-4-5-16-11(14)13-9;/h2-3,6,9H,4-5H2,1H3,(H,13,14);1H/t9-;/m0./s1. The number of halogens is 2. The van der Waals surface area contributed by atoms with E-state index < -0.39 is 6.09 Å². The first kappa shape index (κ1) is 13.6. The minimum absolute atomic E-state index is 0. The van der Waals surface area contributed by atoms with Gasteiger partial charge in [0.2, 0.25) is 0 Å². The first-order valence-corrected chi connectivity index (χ1v) is 4.97. The van der Waals surface area contributed by atoms with Gasteiger partial charge in [0.15, 0.2) is 0 Å². The van der Waals surface area contributed by atoms with Gasteiger partial charge in [-0.05, 0) is 18.2 Å². The molecule has 0 aromatic heterocycles. The van der Waals surface area contributed by atoms with Crippen LogP contribution in [0.5, 0.6) is 5.75 Å². The third kappa shape index (κ3) is 3.00. The second kappa shape index (κ2) is 5.72. The lowest BCUT2D eigenvalue weighted by atomic mass is 10.0. The van der Waals surface area contributed by atoms with Gasteiger partial charge in [-0.1, -0.05) is 0 Å². The van der Waals surface area contributed by atoms with Crippen LogP contribution in [0.25, 0.3) is 0 Å². The molecule has 4 nitrogen and oxygen atoms in total. The first-order chi connectivity index (χ1) is 7.70. The summed E-state index contributed by atoms with van der Waals surface area (Å²) in [6.45, 7) is 0.330. The van der Waals surface area contributed by atoms with Crippen LogP contribution in [0.2, 0.25) is 0 Å². The minimum atomic E-state index is -0.484. The number of amides is 1. The van der Waals surface area contributed by atoms with E-state index in [0.717, 1.165) is 0 Å². The number of carbonyl (C=O) groups is 1. The molecule has 0 spiro atoms. The molecule has 2 rings (SSSR count). The Morgan fingerprint density at radius 1 is 1.53 bits per heavy atom. The van der Waals surface area contributed by atoms with E-state index in [-0.39, 0.29) is 24.3 Å². The molecular formula is C11H13ClFNO3. The van der Waals surface area contributed by atoms with E-state index in [2.05, 4.69) is 5.32 Å². The summed E-state index contributed by atoms with van der Waals surface area (Å²) in [5.41, 5.74) is 0.638. The van der Waals surface area contributed by atoms with E-state index in [4.69, 9.17) is 9.47 Å². The van der Waals surface area contributed by atoms with Crippen LogP contribution in [-0.4, -0.2) is 19.8 Å². The van der Waals surface area contributed by atoms with Gasteiger partial charge in [-0.15, -0.1) is 12.4 Å². The number of hydrogen-bond acceptors (Lipinski definition) is 3. The molecule has 0 aliphatic carbocycles. The van der Waals surface area contributed by atoms with Crippen LogP contribution in [0, 0.1) is 5.82 Å². The Balaban J connectivity index is 0.00000144. The van der Waals surface area contributed by atoms with E-state index in [1.54, 1.807) is 6.07 Å². The number of cyclic esters (lactones) is 1. The summed E-state index contributed by atoms with van der Waals surface area (Å²) >= 11 is 0. The predicted molar refractivity (Wildman–Crippen MR) is 62.0 cm³/mol. The van der Waals surface area contributed by atoms with Gasteiger partial charge >= 0.3 is 6.09 Å². The molecular weight excluding hydrogens is 249 g/mol. The van der Waals surface area contributed by atoms with Crippen molar-refractivity contribution >= 4 is 18.5 Å². The molecule has 0 bridgehead atoms. The van der Waals surface area contributed by atoms with Crippen molar-refractivity contribution in [1.82, 2.24) is 5.32 Å². The summed E-state index contributed by atoms with van der Waals surface area (Å²) in [6.07, 6.45) is 0.119. The van der Waals surface area contributed by atoms with E-state index in [1.165, 1.54) is 19.2 Å². The maximum atomic E-state index is 13.1. The average molecular weight is 262 g/mol. The van der Waals surface area contributed by atoms with Gasteiger partial charge in [-0.25, -0.2) is 9.18 Å². The van der Waals surface area contributed by atoms with Crippen molar-refractivity contribution < 1.29 is 18.7 Å². The average Bonchev–Trinajstić information content (AvgIpc) is 2.29. The molecule has 1 saturated heterocycles. The van der Waals surface area contributed by atoms with Crippen LogP contribution in [0.3, 0.4) is 0 Å². The van der Waals surface area contributed by atoms with Crippen LogP contribution >= 0.6 is 12.4 Å². The lowest BCUT2D eigenvalue weighted by Gasteiger charge is -2.25. The lowest BCUT2D eigenvalue weighted by Crippen LogP contribution is -2.35. The Bertz CT molecular complexity index is 414. The summed E-state index contributed by atoms with van der Waals surface area (Å²) in [5, 5.41) is 2.63. The fourth-order valence-corrected chi connectivity index (χ4v) is 1.74. The van der Waals surface area contributed by atoms with E-state index in [1.807, 2.05) is 0 Å².